The van der Waals surface area contributed by atoms with Crippen molar-refractivity contribution in [3.63, 3.8) is 0 Å². The van der Waals surface area contributed by atoms with Crippen molar-refractivity contribution in [2.45, 2.75) is 33.2 Å². The number of rotatable bonds is 5. The van der Waals surface area contributed by atoms with Gasteiger partial charge in [-0.3, -0.25) is 10.2 Å². The minimum atomic E-state index is -0.369. The van der Waals surface area contributed by atoms with E-state index >= 15 is 0 Å². The van der Waals surface area contributed by atoms with E-state index in [2.05, 4.69) is 15.8 Å². The van der Waals surface area contributed by atoms with Crippen LogP contribution in [0.4, 0.5) is 5.69 Å². The van der Waals surface area contributed by atoms with Gasteiger partial charge in [-0.05, 0) is 31.0 Å². The van der Waals surface area contributed by atoms with Crippen molar-refractivity contribution in [2.75, 3.05) is 5.43 Å². The Balaban J connectivity index is 2.23. The molecule has 0 saturated heterocycles. The Labute approximate surface area is 145 Å². The van der Waals surface area contributed by atoms with E-state index in [9.17, 15) is 9.90 Å². The van der Waals surface area contributed by atoms with Crippen molar-refractivity contribution in [1.29, 1.82) is 0 Å². The van der Waals surface area contributed by atoms with Gasteiger partial charge < -0.3 is 10.4 Å². The molecule has 0 saturated carbocycles. The first-order valence-electron chi connectivity index (χ1n) is 7.34. The molecule has 0 spiro atoms. The fourth-order valence-corrected chi connectivity index (χ4v) is 2.78. The van der Waals surface area contributed by atoms with Crippen LogP contribution in [0.1, 0.15) is 27.2 Å². The predicted molar refractivity (Wildman–Crippen MR) is 94.2 cm³/mol. The Morgan fingerprint density at radius 2 is 2.17 bits per heavy atom. The molecule has 5 nitrogen and oxygen atoms in total. The second kappa shape index (κ2) is 7.23. The van der Waals surface area contributed by atoms with Crippen LogP contribution in [0.15, 0.2) is 34.6 Å². The number of hydrogen-bond donors (Lipinski definition) is 3. The van der Waals surface area contributed by atoms with E-state index in [0.717, 1.165) is 6.42 Å². The molecule has 1 heterocycles. The van der Waals surface area contributed by atoms with E-state index in [1.54, 1.807) is 25.1 Å². The lowest BCUT2D eigenvalue weighted by atomic mass is 9.97. The number of hydrogen-bond acceptors (Lipinski definition) is 4. The van der Waals surface area contributed by atoms with Crippen molar-refractivity contribution < 1.29 is 9.90 Å². The van der Waals surface area contributed by atoms with Gasteiger partial charge in [0.1, 0.15) is 11.3 Å². The highest BCUT2D eigenvalue weighted by atomic mass is 35.5. The molecule has 1 aliphatic rings. The first kappa shape index (κ1) is 17.6. The maximum absolute atomic E-state index is 12.1. The number of nitrogens with one attached hydrogen (secondary N) is 2. The first-order valence-corrected chi connectivity index (χ1v) is 8.10. The molecule has 1 amide bonds. The lowest BCUT2D eigenvalue weighted by Crippen LogP contribution is -2.34. The molecule has 7 heteroatoms. The van der Waals surface area contributed by atoms with Crippen LogP contribution in [0.3, 0.4) is 0 Å². The third-order valence-electron chi connectivity index (χ3n) is 3.91. The molecule has 1 aromatic carbocycles. The highest BCUT2D eigenvalue weighted by Crippen LogP contribution is 2.26. The van der Waals surface area contributed by atoms with Crippen molar-refractivity contribution in [3.8, 4) is 0 Å². The van der Waals surface area contributed by atoms with E-state index in [1.165, 1.54) is 0 Å². The van der Waals surface area contributed by atoms with Gasteiger partial charge in [-0.2, -0.15) is 5.10 Å². The van der Waals surface area contributed by atoms with Gasteiger partial charge >= 0.3 is 0 Å². The second-order valence-corrected chi connectivity index (χ2v) is 6.37. The van der Waals surface area contributed by atoms with Gasteiger partial charge in [-0.1, -0.05) is 43.5 Å². The van der Waals surface area contributed by atoms with Crippen molar-refractivity contribution in [1.82, 2.24) is 5.32 Å². The highest BCUT2D eigenvalue weighted by Gasteiger charge is 2.35. The summed E-state index contributed by atoms with van der Waals surface area (Å²) in [5, 5.41) is 18.2. The lowest BCUT2D eigenvalue weighted by Gasteiger charge is -2.17. The van der Waals surface area contributed by atoms with Gasteiger partial charge in [-0.15, -0.1) is 0 Å². The summed E-state index contributed by atoms with van der Waals surface area (Å²) in [6.45, 7) is 5.64. The third kappa shape index (κ3) is 3.79. The minimum Gasteiger partial charge on any atom is -0.509 e. The summed E-state index contributed by atoms with van der Waals surface area (Å²) in [5.74, 6) is -0.143. The Hall–Kier alpha value is -1.72. The fourth-order valence-electron chi connectivity index (χ4n) is 2.33. The van der Waals surface area contributed by atoms with Crippen molar-refractivity contribution >= 4 is 40.5 Å². The normalized spacial score (nSPS) is 19.8. The van der Waals surface area contributed by atoms with Gasteiger partial charge in [-0.25, -0.2) is 0 Å². The fraction of sp³-hybridized carbons (Fsp3) is 0.375. The smallest absolute Gasteiger partial charge is 0.257 e. The average Bonchev–Trinajstić information content (AvgIpc) is 2.80. The average molecular weight is 356 g/mol. The van der Waals surface area contributed by atoms with Crippen LogP contribution in [0.5, 0.6) is 0 Å². The van der Waals surface area contributed by atoms with Gasteiger partial charge in [0.2, 0.25) is 0 Å². The largest absolute Gasteiger partial charge is 0.509 e. The SMILES string of the molecule is CC[C@H](C)[C@H]1NC(=O)C(C(C)=NNc2ccc(Cl)cc2Cl)=C1O. The number of carbonyl (C=O) groups excluding carboxylic acids is 1. The minimum absolute atomic E-state index is 0.0367. The molecule has 0 radical (unpaired) electrons. The van der Waals surface area contributed by atoms with Crippen LogP contribution >= 0.6 is 23.2 Å². The number of aliphatic hydroxyl groups excluding tert-OH is 1. The summed E-state index contributed by atoms with van der Waals surface area (Å²) in [6, 6.07) is 4.59. The number of aliphatic hydroxyl groups is 1. The third-order valence-corrected chi connectivity index (χ3v) is 4.46. The monoisotopic (exact) mass is 355 g/mol. The molecule has 0 unspecified atom stereocenters. The quantitative estimate of drug-likeness (QED) is 0.548. The van der Waals surface area contributed by atoms with E-state index < -0.39 is 0 Å². The van der Waals surface area contributed by atoms with Crippen LogP contribution < -0.4 is 10.7 Å². The van der Waals surface area contributed by atoms with Gasteiger partial charge in [0, 0.05) is 5.02 Å². The molecule has 2 rings (SSSR count). The van der Waals surface area contributed by atoms with Crippen LogP contribution in [0, 0.1) is 5.92 Å². The maximum Gasteiger partial charge on any atom is 0.257 e. The molecule has 0 bridgehead atoms. The standard InChI is InChI=1S/C16H19Cl2N3O2/c1-4-8(2)14-15(22)13(16(23)19-14)9(3)20-21-12-6-5-10(17)7-11(12)18/h5-8,14,21-22H,4H2,1-3H3,(H,19,23)/t8-,14+/m0/s1. The van der Waals surface area contributed by atoms with E-state index in [1.807, 2.05) is 13.8 Å². The van der Waals surface area contributed by atoms with Crippen LogP contribution in [0.25, 0.3) is 0 Å². The molecule has 1 aliphatic heterocycles. The zero-order valence-corrected chi connectivity index (χ0v) is 14.7. The molecule has 23 heavy (non-hydrogen) atoms. The molecule has 3 N–H and O–H groups in total. The van der Waals surface area contributed by atoms with Crippen LogP contribution in [0.2, 0.25) is 10.0 Å². The molecule has 0 aliphatic carbocycles. The molecule has 1 aromatic rings. The summed E-state index contributed by atoms with van der Waals surface area (Å²) in [7, 11) is 0. The van der Waals surface area contributed by atoms with E-state index in [-0.39, 0.29) is 29.2 Å². The van der Waals surface area contributed by atoms with Gasteiger partial charge in [0.25, 0.3) is 5.91 Å². The number of halogens is 2. The molecule has 0 fully saturated rings. The van der Waals surface area contributed by atoms with Crippen LogP contribution in [-0.4, -0.2) is 22.8 Å². The number of benzene rings is 1. The van der Waals surface area contributed by atoms with E-state index in [0.29, 0.717) is 21.4 Å². The summed E-state index contributed by atoms with van der Waals surface area (Å²) < 4.78 is 0. The molecule has 2 atom stereocenters. The van der Waals surface area contributed by atoms with Crippen LogP contribution in [-0.2, 0) is 4.79 Å². The Bertz CT molecular complexity index is 686. The first-order chi connectivity index (χ1) is 10.8. The number of nitrogens with zero attached hydrogens (tertiary/aromatic N) is 1. The molecule has 124 valence electrons. The second-order valence-electron chi connectivity index (χ2n) is 5.53. The molecule has 0 aromatic heterocycles. The summed E-state index contributed by atoms with van der Waals surface area (Å²) in [5.41, 5.74) is 3.94. The predicted octanol–water partition coefficient (Wildman–Crippen LogP) is 4.14. The summed E-state index contributed by atoms with van der Waals surface area (Å²) >= 11 is 11.9. The van der Waals surface area contributed by atoms with Gasteiger partial charge in [0.05, 0.1) is 22.5 Å². The molecular weight excluding hydrogens is 337 g/mol. The summed E-state index contributed by atoms with van der Waals surface area (Å²) in [6.07, 6.45) is 0.844. The summed E-state index contributed by atoms with van der Waals surface area (Å²) in [4.78, 5) is 12.1. The van der Waals surface area contributed by atoms with Crippen molar-refractivity contribution in [2.24, 2.45) is 11.0 Å². The number of hydrazone groups is 1. The van der Waals surface area contributed by atoms with Crippen molar-refractivity contribution in [3.05, 3.63) is 39.6 Å². The zero-order valence-electron chi connectivity index (χ0n) is 13.2. The Kier molecular flexibility index (Phi) is 5.55. The zero-order chi connectivity index (χ0) is 17.1. The van der Waals surface area contributed by atoms with E-state index in [4.69, 9.17) is 23.2 Å². The Morgan fingerprint density at radius 3 is 2.78 bits per heavy atom. The highest BCUT2D eigenvalue weighted by molar-refractivity contribution is 6.36. The lowest BCUT2D eigenvalue weighted by molar-refractivity contribution is -0.116. The maximum atomic E-state index is 12.1. The van der Waals surface area contributed by atoms with Gasteiger partial charge in [0.15, 0.2) is 0 Å². The Morgan fingerprint density at radius 1 is 1.48 bits per heavy atom. The number of anilines is 1. The molecular formula is C16H19Cl2N3O2. The number of carbonyl (C=O) groups is 1. The topological polar surface area (TPSA) is 73.7 Å². The number of amides is 1.